The first-order valence-electron chi connectivity index (χ1n) is 8.42. The molecule has 0 radical (unpaired) electrons. The van der Waals surface area contributed by atoms with Crippen molar-refractivity contribution >= 4 is 18.0 Å². The molecule has 26 heavy (non-hydrogen) atoms. The van der Waals surface area contributed by atoms with E-state index in [4.69, 9.17) is 9.47 Å². The summed E-state index contributed by atoms with van der Waals surface area (Å²) < 4.78 is 10.3. The quantitative estimate of drug-likeness (QED) is 0.576. The number of amides is 2. The highest BCUT2D eigenvalue weighted by Crippen LogP contribution is 2.27. The lowest BCUT2D eigenvalue weighted by Gasteiger charge is -2.29. The molecular formula is C19H22N2O5. The average Bonchev–Trinajstić information content (AvgIpc) is 2.65. The number of hydrogen-bond donors (Lipinski definition) is 2. The maximum Gasteiger partial charge on any atom is 0.338 e. The largest absolute Gasteiger partial charge is 0.463 e. The molecule has 2 N–H and O–H groups in total. The summed E-state index contributed by atoms with van der Waals surface area (Å²) in [6.45, 7) is 3.53. The van der Waals surface area contributed by atoms with Gasteiger partial charge in [0.05, 0.1) is 23.9 Å². The number of urea groups is 1. The normalized spacial score (nSPS) is 16.8. The molecule has 1 aromatic rings. The van der Waals surface area contributed by atoms with Crippen molar-refractivity contribution in [2.45, 2.75) is 26.3 Å². The fourth-order valence-electron chi connectivity index (χ4n) is 2.48. The number of carbonyl (C=O) groups excluding carboxylic acids is 3. The lowest BCUT2D eigenvalue weighted by molar-refractivity contribution is -0.140. The van der Waals surface area contributed by atoms with E-state index in [9.17, 15) is 14.4 Å². The SMILES string of the molecule is CC/C=C\C(=O)OCC1=C(C(=O)OCC)[C@@H](c2ccccc2)NC(=O)N1. The van der Waals surface area contributed by atoms with E-state index in [0.29, 0.717) is 6.42 Å². The maximum atomic E-state index is 12.5. The molecule has 0 saturated carbocycles. The first-order chi connectivity index (χ1) is 12.6. The standard InChI is InChI=1S/C19H22N2O5/c1-3-5-11-15(22)26-12-14-16(18(23)25-4-2)17(21-19(24)20-14)13-9-7-6-8-10-13/h5-11,17H,3-4,12H2,1-2H3,(H2,20,21,24)/b11-5-/t17-/m1/s1. The molecule has 138 valence electrons. The second-order valence-corrected chi connectivity index (χ2v) is 5.47. The summed E-state index contributed by atoms with van der Waals surface area (Å²) in [6.07, 6.45) is 3.67. The van der Waals surface area contributed by atoms with Crippen LogP contribution < -0.4 is 10.6 Å². The van der Waals surface area contributed by atoms with Crippen molar-refractivity contribution in [1.29, 1.82) is 0 Å². The van der Waals surface area contributed by atoms with Gasteiger partial charge in [0.25, 0.3) is 0 Å². The molecule has 7 nitrogen and oxygen atoms in total. The fraction of sp³-hybridized carbons (Fsp3) is 0.316. The number of benzene rings is 1. The molecule has 1 atom stereocenters. The Morgan fingerprint density at radius 3 is 2.54 bits per heavy atom. The third-order valence-corrected chi connectivity index (χ3v) is 3.63. The van der Waals surface area contributed by atoms with E-state index in [1.165, 1.54) is 6.08 Å². The highest BCUT2D eigenvalue weighted by Gasteiger charge is 2.34. The minimum Gasteiger partial charge on any atom is -0.463 e. The zero-order valence-electron chi connectivity index (χ0n) is 14.8. The number of carbonyl (C=O) groups is 3. The molecule has 2 rings (SSSR count). The van der Waals surface area contributed by atoms with Crippen LogP contribution >= 0.6 is 0 Å². The first-order valence-corrected chi connectivity index (χ1v) is 8.42. The van der Waals surface area contributed by atoms with Crippen molar-refractivity contribution in [2.24, 2.45) is 0 Å². The zero-order valence-corrected chi connectivity index (χ0v) is 14.8. The Hall–Kier alpha value is -3.09. The van der Waals surface area contributed by atoms with Gasteiger partial charge < -0.3 is 20.1 Å². The van der Waals surface area contributed by atoms with Gasteiger partial charge in [0, 0.05) is 6.08 Å². The zero-order chi connectivity index (χ0) is 18.9. The predicted octanol–water partition coefficient (Wildman–Crippen LogP) is 2.37. The molecule has 1 heterocycles. The van der Waals surface area contributed by atoms with Crippen LogP contribution in [0, 0.1) is 0 Å². The van der Waals surface area contributed by atoms with E-state index in [1.807, 2.05) is 25.1 Å². The maximum absolute atomic E-state index is 12.5. The molecule has 0 fully saturated rings. The molecule has 1 aliphatic rings. The molecule has 0 aromatic heterocycles. The molecule has 2 amide bonds. The van der Waals surface area contributed by atoms with Crippen molar-refractivity contribution in [3.8, 4) is 0 Å². The summed E-state index contributed by atoms with van der Waals surface area (Å²) in [6, 6.07) is 7.86. The van der Waals surface area contributed by atoms with Crippen LogP contribution in [0.2, 0.25) is 0 Å². The van der Waals surface area contributed by atoms with E-state index in [1.54, 1.807) is 25.1 Å². The summed E-state index contributed by atoms with van der Waals surface area (Å²) in [5, 5.41) is 5.26. The second-order valence-electron chi connectivity index (χ2n) is 5.47. The number of hydrogen-bond acceptors (Lipinski definition) is 5. The van der Waals surface area contributed by atoms with Gasteiger partial charge in [-0.15, -0.1) is 0 Å². The molecular weight excluding hydrogens is 336 g/mol. The highest BCUT2D eigenvalue weighted by molar-refractivity contribution is 5.95. The van der Waals surface area contributed by atoms with Crippen LogP contribution in [0.1, 0.15) is 31.9 Å². The van der Waals surface area contributed by atoms with Crippen molar-refractivity contribution < 1.29 is 23.9 Å². The van der Waals surface area contributed by atoms with Crippen LogP contribution in [0.25, 0.3) is 0 Å². The molecule has 1 aliphatic heterocycles. The van der Waals surface area contributed by atoms with Gasteiger partial charge in [0.2, 0.25) is 0 Å². The Balaban J connectivity index is 2.35. The smallest absolute Gasteiger partial charge is 0.338 e. The van der Waals surface area contributed by atoms with E-state index in [-0.39, 0.29) is 24.5 Å². The third kappa shape index (κ3) is 4.95. The number of rotatable bonds is 7. The summed E-state index contributed by atoms with van der Waals surface area (Å²) in [4.78, 5) is 36.2. The third-order valence-electron chi connectivity index (χ3n) is 3.63. The van der Waals surface area contributed by atoms with Gasteiger partial charge in [-0.05, 0) is 18.9 Å². The topological polar surface area (TPSA) is 93.7 Å². The van der Waals surface area contributed by atoms with E-state index < -0.39 is 24.0 Å². The number of nitrogens with one attached hydrogen (secondary N) is 2. The van der Waals surface area contributed by atoms with Gasteiger partial charge in [-0.1, -0.05) is 43.3 Å². The predicted molar refractivity (Wildman–Crippen MR) is 94.9 cm³/mol. The van der Waals surface area contributed by atoms with Gasteiger partial charge in [0.1, 0.15) is 6.61 Å². The number of esters is 2. The summed E-state index contributed by atoms with van der Waals surface area (Å²) in [7, 11) is 0. The molecule has 0 aliphatic carbocycles. The van der Waals surface area contributed by atoms with Crippen molar-refractivity contribution in [1.82, 2.24) is 10.6 Å². The summed E-state index contributed by atoms with van der Waals surface area (Å²) in [5.41, 5.74) is 1.14. The van der Waals surface area contributed by atoms with Gasteiger partial charge >= 0.3 is 18.0 Å². The van der Waals surface area contributed by atoms with Gasteiger partial charge in [0.15, 0.2) is 0 Å². The van der Waals surface area contributed by atoms with Crippen LogP contribution in [0.4, 0.5) is 4.79 Å². The van der Waals surface area contributed by atoms with Crippen LogP contribution in [0.3, 0.4) is 0 Å². The molecule has 0 spiro atoms. The van der Waals surface area contributed by atoms with E-state index in [0.717, 1.165) is 5.56 Å². The van der Waals surface area contributed by atoms with Gasteiger partial charge in [-0.25, -0.2) is 14.4 Å². The summed E-state index contributed by atoms with van der Waals surface area (Å²) >= 11 is 0. The molecule has 0 saturated heterocycles. The molecule has 1 aromatic carbocycles. The monoisotopic (exact) mass is 358 g/mol. The Morgan fingerprint density at radius 1 is 1.15 bits per heavy atom. The Bertz CT molecular complexity index is 725. The lowest BCUT2D eigenvalue weighted by Crippen LogP contribution is -2.47. The number of ether oxygens (including phenoxy) is 2. The Morgan fingerprint density at radius 2 is 1.88 bits per heavy atom. The Kier molecular flexibility index (Phi) is 6.96. The van der Waals surface area contributed by atoms with Crippen LogP contribution in [0.15, 0.2) is 53.8 Å². The van der Waals surface area contributed by atoms with Crippen molar-refractivity contribution in [3.63, 3.8) is 0 Å². The van der Waals surface area contributed by atoms with E-state index in [2.05, 4.69) is 10.6 Å². The highest BCUT2D eigenvalue weighted by atomic mass is 16.5. The second kappa shape index (κ2) is 9.41. The first kappa shape index (κ1) is 19.2. The van der Waals surface area contributed by atoms with Crippen molar-refractivity contribution in [3.05, 3.63) is 59.3 Å². The van der Waals surface area contributed by atoms with Crippen LogP contribution in [0.5, 0.6) is 0 Å². The fourth-order valence-corrected chi connectivity index (χ4v) is 2.48. The minimum absolute atomic E-state index is 0.185. The number of allylic oxidation sites excluding steroid dienone is 1. The average molecular weight is 358 g/mol. The molecule has 7 heteroatoms. The van der Waals surface area contributed by atoms with Crippen LogP contribution in [-0.2, 0) is 19.1 Å². The van der Waals surface area contributed by atoms with Gasteiger partial charge in [-0.3, -0.25) is 0 Å². The molecule has 0 unspecified atom stereocenters. The van der Waals surface area contributed by atoms with E-state index >= 15 is 0 Å². The van der Waals surface area contributed by atoms with Gasteiger partial charge in [-0.2, -0.15) is 0 Å². The minimum atomic E-state index is -0.691. The van der Waals surface area contributed by atoms with Crippen LogP contribution in [-0.4, -0.2) is 31.2 Å². The van der Waals surface area contributed by atoms with Crippen molar-refractivity contribution in [2.75, 3.05) is 13.2 Å². The molecule has 0 bridgehead atoms. The lowest BCUT2D eigenvalue weighted by atomic mass is 9.95. The Labute approximate surface area is 152 Å². The summed E-state index contributed by atoms with van der Waals surface area (Å²) in [5.74, 6) is -1.13.